The van der Waals surface area contributed by atoms with Crippen LogP contribution in [0.15, 0.2) is 53.6 Å². The van der Waals surface area contributed by atoms with E-state index in [1.54, 1.807) is 31.2 Å². The molecule has 2 rings (SSSR count). The second-order valence-electron chi connectivity index (χ2n) is 6.08. The average molecular weight is 389 g/mol. The van der Waals surface area contributed by atoms with Crippen molar-refractivity contribution in [2.45, 2.75) is 39.2 Å². The number of rotatable bonds is 10. The molecule has 6 heteroatoms. The number of hydrogen-bond donors (Lipinski definition) is 1. The number of amides is 1. The molecule has 2 aromatic carbocycles. The smallest absolute Gasteiger partial charge is 0.280 e. The minimum absolute atomic E-state index is 0.340. The first-order valence-electron chi connectivity index (χ1n) is 9.06. The molecular formula is C21H25ClN2O3. The first kappa shape index (κ1) is 20.8. The quantitative estimate of drug-likeness (QED) is 0.360. The Labute approximate surface area is 165 Å². The second kappa shape index (κ2) is 11.2. The number of nitrogens with one attached hydrogen (secondary N) is 1. The van der Waals surface area contributed by atoms with Crippen LogP contribution in [0.3, 0.4) is 0 Å². The van der Waals surface area contributed by atoms with Crippen molar-refractivity contribution in [2.75, 3.05) is 6.61 Å². The Morgan fingerprint density at radius 2 is 1.93 bits per heavy atom. The summed E-state index contributed by atoms with van der Waals surface area (Å²) in [5.41, 5.74) is 3.26. The number of benzene rings is 2. The van der Waals surface area contributed by atoms with E-state index in [1.807, 2.05) is 24.3 Å². The fourth-order valence-electron chi connectivity index (χ4n) is 2.26. The van der Waals surface area contributed by atoms with Crippen molar-refractivity contribution in [2.24, 2.45) is 5.10 Å². The molecule has 0 saturated carbocycles. The van der Waals surface area contributed by atoms with Crippen LogP contribution in [0.5, 0.6) is 11.5 Å². The van der Waals surface area contributed by atoms with Crippen molar-refractivity contribution in [1.82, 2.24) is 5.43 Å². The zero-order valence-corrected chi connectivity index (χ0v) is 16.4. The third kappa shape index (κ3) is 7.71. The van der Waals surface area contributed by atoms with Gasteiger partial charge < -0.3 is 9.47 Å². The molecule has 144 valence electrons. The summed E-state index contributed by atoms with van der Waals surface area (Å²) in [5.74, 6) is 1.05. The molecule has 2 aromatic rings. The molecule has 0 spiro atoms. The van der Waals surface area contributed by atoms with Gasteiger partial charge in [-0.25, -0.2) is 5.43 Å². The van der Waals surface area contributed by atoms with Gasteiger partial charge in [-0.3, -0.25) is 4.79 Å². The van der Waals surface area contributed by atoms with Crippen LogP contribution in [-0.4, -0.2) is 24.8 Å². The van der Waals surface area contributed by atoms with Crippen molar-refractivity contribution < 1.29 is 14.3 Å². The number of ether oxygens (including phenoxy) is 2. The van der Waals surface area contributed by atoms with E-state index in [-0.39, 0.29) is 5.91 Å². The van der Waals surface area contributed by atoms with Crippen molar-refractivity contribution in [3.05, 3.63) is 59.1 Å². The van der Waals surface area contributed by atoms with E-state index in [1.165, 1.54) is 12.6 Å². The van der Waals surface area contributed by atoms with Crippen LogP contribution in [0.25, 0.3) is 0 Å². The van der Waals surface area contributed by atoms with Gasteiger partial charge in [0.15, 0.2) is 6.10 Å². The van der Waals surface area contributed by atoms with E-state index in [0.717, 1.165) is 24.2 Å². The number of carbonyl (C=O) groups is 1. The fraction of sp³-hybridized carbons (Fsp3) is 0.333. The van der Waals surface area contributed by atoms with Crippen LogP contribution in [0.4, 0.5) is 0 Å². The third-order valence-corrected chi connectivity index (χ3v) is 3.99. The van der Waals surface area contributed by atoms with Crippen molar-refractivity contribution in [1.29, 1.82) is 0 Å². The number of carbonyl (C=O) groups excluding carboxylic acids is 1. The lowest BCUT2D eigenvalue weighted by Crippen LogP contribution is -2.33. The highest BCUT2D eigenvalue weighted by Gasteiger charge is 2.13. The summed E-state index contributed by atoms with van der Waals surface area (Å²) >= 11 is 5.90. The van der Waals surface area contributed by atoms with Gasteiger partial charge in [0.1, 0.15) is 11.5 Å². The Bertz CT molecular complexity index is 747. The molecule has 0 radical (unpaired) electrons. The highest BCUT2D eigenvalue weighted by Crippen LogP contribution is 2.19. The molecular weight excluding hydrogens is 364 g/mol. The van der Waals surface area contributed by atoms with Gasteiger partial charge in [0.25, 0.3) is 5.91 Å². The largest absolute Gasteiger partial charge is 0.494 e. The first-order chi connectivity index (χ1) is 13.1. The predicted octanol–water partition coefficient (Wildman–Crippen LogP) is 4.83. The molecule has 1 N–H and O–H groups in total. The van der Waals surface area contributed by atoms with E-state index >= 15 is 0 Å². The van der Waals surface area contributed by atoms with E-state index in [0.29, 0.717) is 17.4 Å². The number of unbranched alkanes of at least 4 members (excludes halogenated alkanes) is 2. The van der Waals surface area contributed by atoms with Gasteiger partial charge in [-0.05, 0) is 55.3 Å². The summed E-state index contributed by atoms with van der Waals surface area (Å²) in [6.45, 7) is 4.53. The van der Waals surface area contributed by atoms with Crippen molar-refractivity contribution in [3.63, 3.8) is 0 Å². The number of hydrazone groups is 1. The van der Waals surface area contributed by atoms with Gasteiger partial charge in [0.2, 0.25) is 0 Å². The molecule has 1 amide bonds. The Morgan fingerprint density at radius 3 is 2.63 bits per heavy atom. The molecule has 5 nitrogen and oxygen atoms in total. The summed E-state index contributed by atoms with van der Waals surface area (Å²) < 4.78 is 11.3. The normalized spacial score (nSPS) is 12.0. The van der Waals surface area contributed by atoms with Crippen molar-refractivity contribution in [3.8, 4) is 11.5 Å². The standard InChI is InChI=1S/C21H25ClN2O3/c1-3-4-5-13-26-19-9-11-20(12-10-19)27-16(2)21(25)24-23-15-17-7-6-8-18(22)14-17/h6-12,14-16H,3-5,13H2,1-2H3,(H,24,25)/b23-15-/t16-/m0/s1. The molecule has 0 unspecified atom stereocenters. The van der Waals surface area contributed by atoms with Crippen LogP contribution in [-0.2, 0) is 4.79 Å². The number of nitrogens with zero attached hydrogens (tertiary/aromatic N) is 1. The monoisotopic (exact) mass is 388 g/mol. The lowest BCUT2D eigenvalue weighted by atomic mass is 10.2. The van der Waals surface area contributed by atoms with Gasteiger partial charge in [-0.2, -0.15) is 5.10 Å². The maximum atomic E-state index is 12.1. The topological polar surface area (TPSA) is 59.9 Å². The van der Waals surface area contributed by atoms with Gasteiger partial charge >= 0.3 is 0 Å². The molecule has 0 heterocycles. The lowest BCUT2D eigenvalue weighted by Gasteiger charge is -2.13. The summed E-state index contributed by atoms with van der Waals surface area (Å²) in [6.07, 6.45) is 4.22. The highest BCUT2D eigenvalue weighted by atomic mass is 35.5. The molecule has 0 aliphatic carbocycles. The predicted molar refractivity (Wildman–Crippen MR) is 109 cm³/mol. The van der Waals surface area contributed by atoms with Crippen LogP contribution < -0.4 is 14.9 Å². The molecule has 0 fully saturated rings. The van der Waals surface area contributed by atoms with Gasteiger partial charge in [0.05, 0.1) is 12.8 Å². The Kier molecular flexibility index (Phi) is 8.65. The van der Waals surface area contributed by atoms with Crippen LogP contribution in [0.1, 0.15) is 38.7 Å². The molecule has 0 aromatic heterocycles. The minimum atomic E-state index is -0.683. The maximum absolute atomic E-state index is 12.1. The maximum Gasteiger partial charge on any atom is 0.280 e. The number of hydrogen-bond acceptors (Lipinski definition) is 4. The summed E-state index contributed by atoms with van der Waals surface area (Å²) in [7, 11) is 0. The highest BCUT2D eigenvalue weighted by molar-refractivity contribution is 6.30. The SMILES string of the molecule is CCCCCOc1ccc(O[C@@H](C)C(=O)N/N=C\c2cccc(Cl)c2)cc1. The van der Waals surface area contributed by atoms with Crippen molar-refractivity contribution >= 4 is 23.7 Å². The summed E-state index contributed by atoms with van der Waals surface area (Å²) in [4.78, 5) is 12.1. The van der Waals surface area contributed by atoms with Gasteiger partial charge in [-0.1, -0.05) is 43.5 Å². The minimum Gasteiger partial charge on any atom is -0.494 e. The van der Waals surface area contributed by atoms with Gasteiger partial charge in [-0.15, -0.1) is 0 Å². The third-order valence-electron chi connectivity index (χ3n) is 3.76. The number of halogens is 1. The van der Waals surface area contributed by atoms with E-state index in [4.69, 9.17) is 21.1 Å². The van der Waals surface area contributed by atoms with Crippen LogP contribution >= 0.6 is 11.6 Å². The zero-order chi connectivity index (χ0) is 19.5. The molecule has 0 bridgehead atoms. The molecule has 0 aliphatic rings. The van der Waals surface area contributed by atoms with E-state index in [2.05, 4.69) is 17.5 Å². The Balaban J connectivity index is 1.78. The van der Waals surface area contributed by atoms with Crippen LogP contribution in [0, 0.1) is 0 Å². The van der Waals surface area contributed by atoms with E-state index in [9.17, 15) is 4.79 Å². The summed E-state index contributed by atoms with van der Waals surface area (Å²) in [5, 5.41) is 4.54. The molecule has 0 aliphatic heterocycles. The van der Waals surface area contributed by atoms with Crippen LogP contribution in [0.2, 0.25) is 5.02 Å². The molecule has 1 atom stereocenters. The first-order valence-corrected chi connectivity index (χ1v) is 9.44. The lowest BCUT2D eigenvalue weighted by molar-refractivity contribution is -0.127. The molecule has 0 saturated heterocycles. The van der Waals surface area contributed by atoms with E-state index < -0.39 is 6.10 Å². The Morgan fingerprint density at radius 1 is 1.19 bits per heavy atom. The van der Waals surface area contributed by atoms with Gasteiger partial charge in [0, 0.05) is 5.02 Å². The molecule has 27 heavy (non-hydrogen) atoms. The zero-order valence-electron chi connectivity index (χ0n) is 15.7. The fourth-order valence-corrected chi connectivity index (χ4v) is 2.46. The summed E-state index contributed by atoms with van der Waals surface area (Å²) in [6, 6.07) is 14.4. The Hall–Kier alpha value is -2.53. The second-order valence-corrected chi connectivity index (χ2v) is 6.51. The average Bonchev–Trinajstić information content (AvgIpc) is 2.66.